The molecule has 242 valence electrons. The Morgan fingerprint density at radius 3 is 0.659 bits per heavy atom. The smallest absolute Gasteiger partial charge is 2.00 e. The Balaban J connectivity index is 0. The van der Waals surface area contributed by atoms with Crippen molar-refractivity contribution in [3.63, 3.8) is 0 Å². The van der Waals surface area contributed by atoms with Gasteiger partial charge in [-0.1, -0.05) is 167 Å². The zero-order valence-electron chi connectivity index (χ0n) is 30.5. The molecule has 0 heterocycles. The van der Waals surface area contributed by atoms with Crippen LogP contribution in [-0.2, 0) is 22.4 Å². The molecular formula is C39H60N3NbSe. The van der Waals surface area contributed by atoms with Crippen LogP contribution in [0.3, 0.4) is 0 Å². The minimum Gasteiger partial charge on any atom is -2.00 e. The van der Waals surface area contributed by atoms with Crippen LogP contribution in [0.5, 0.6) is 0 Å². The molecule has 0 amide bonds. The number of rotatable bonds is 6. The van der Waals surface area contributed by atoms with Gasteiger partial charge in [-0.05, 0) is 41.5 Å². The van der Waals surface area contributed by atoms with E-state index >= 15 is 0 Å². The molecule has 3 aromatic carbocycles. The van der Waals surface area contributed by atoms with Gasteiger partial charge in [0.1, 0.15) is 0 Å². The molecular weight excluding hydrogens is 682 g/mol. The molecule has 0 aromatic heterocycles. The largest absolute Gasteiger partial charge is 5.00 e. The van der Waals surface area contributed by atoms with Crippen LogP contribution < -0.4 is 0 Å². The molecule has 44 heavy (non-hydrogen) atoms. The Labute approximate surface area is 298 Å². The monoisotopic (exact) mass is 743 g/mol. The predicted octanol–water partition coefficient (Wildman–Crippen LogP) is 12.7. The van der Waals surface area contributed by atoms with E-state index in [1.165, 1.54) is 33.4 Å². The van der Waals surface area contributed by atoms with Crippen LogP contribution in [0.2, 0.25) is 0 Å². The number of hydrogen-bond donors (Lipinski definition) is 0. The van der Waals surface area contributed by atoms with Gasteiger partial charge in [0.25, 0.3) is 0 Å². The normalized spacial score (nSPS) is 11.0. The zero-order valence-corrected chi connectivity index (χ0v) is 34.4. The SMILES string of the molecule is Cc1cc(C)cc([N-]CC(C)(C)C)c1.Cc1cc(C)cc([N-]CC(C)(C)C)c1.Cc1cc(C)cc([N-]CC(C)(C)C)c1.[Nb+5].[Se-2]. The first-order valence-corrected chi connectivity index (χ1v) is 15.4. The molecule has 0 saturated heterocycles. The Bertz CT molecular complexity index is 1030. The van der Waals surface area contributed by atoms with Crippen LogP contribution >= 0.6 is 0 Å². The van der Waals surface area contributed by atoms with Crippen LogP contribution in [0.25, 0.3) is 16.0 Å². The quantitative estimate of drug-likeness (QED) is 0.226. The van der Waals surface area contributed by atoms with Gasteiger partial charge in [0.2, 0.25) is 0 Å². The van der Waals surface area contributed by atoms with Gasteiger partial charge in [0, 0.05) is 0 Å². The van der Waals surface area contributed by atoms with Gasteiger partial charge >= 0.3 is 22.4 Å². The van der Waals surface area contributed by atoms with Crippen molar-refractivity contribution in [3.8, 4) is 0 Å². The summed E-state index contributed by atoms with van der Waals surface area (Å²) in [5, 5.41) is 13.8. The fraction of sp³-hybridized carbons (Fsp3) is 0.538. The van der Waals surface area contributed by atoms with Gasteiger partial charge in [-0.3, -0.25) is 0 Å². The summed E-state index contributed by atoms with van der Waals surface area (Å²) in [5.74, 6) is 0. The minimum atomic E-state index is 0. The molecule has 0 spiro atoms. The average molecular weight is 743 g/mol. The summed E-state index contributed by atoms with van der Waals surface area (Å²) in [6, 6.07) is 19.4. The molecule has 0 saturated carbocycles. The minimum absolute atomic E-state index is 0. The summed E-state index contributed by atoms with van der Waals surface area (Å²) in [6.07, 6.45) is 0. The van der Waals surface area contributed by atoms with E-state index in [0.29, 0.717) is 0 Å². The van der Waals surface area contributed by atoms with Crippen molar-refractivity contribution in [2.45, 2.75) is 104 Å². The molecule has 0 atom stereocenters. The van der Waals surface area contributed by atoms with Crippen molar-refractivity contribution in [2.24, 2.45) is 16.2 Å². The number of nitrogens with zero attached hydrogens (tertiary/aromatic N) is 3. The van der Waals surface area contributed by atoms with Crippen molar-refractivity contribution in [3.05, 3.63) is 104 Å². The van der Waals surface area contributed by atoms with Gasteiger partial charge in [0.15, 0.2) is 0 Å². The molecule has 3 aromatic rings. The van der Waals surface area contributed by atoms with E-state index in [9.17, 15) is 0 Å². The van der Waals surface area contributed by atoms with E-state index < -0.39 is 0 Å². The van der Waals surface area contributed by atoms with Crippen LogP contribution in [0.4, 0.5) is 17.1 Å². The molecule has 3 nitrogen and oxygen atoms in total. The van der Waals surface area contributed by atoms with Gasteiger partial charge in [0.05, 0.1) is 0 Å². The van der Waals surface area contributed by atoms with Gasteiger partial charge < -0.3 is 33.0 Å². The average Bonchev–Trinajstić information content (AvgIpc) is 2.78. The second kappa shape index (κ2) is 19.7. The van der Waals surface area contributed by atoms with Crippen LogP contribution in [-0.4, -0.2) is 36.7 Å². The molecule has 0 unspecified atom stereocenters. The van der Waals surface area contributed by atoms with E-state index in [4.69, 9.17) is 0 Å². The summed E-state index contributed by atoms with van der Waals surface area (Å²) in [4.78, 5) is 0. The maximum atomic E-state index is 4.60. The molecule has 5 heteroatoms. The second-order valence-corrected chi connectivity index (χ2v) is 15.7. The molecule has 0 aliphatic heterocycles. The first-order valence-electron chi connectivity index (χ1n) is 15.4. The summed E-state index contributed by atoms with van der Waals surface area (Å²) < 4.78 is 0. The molecule has 0 radical (unpaired) electrons. The first-order chi connectivity index (χ1) is 19.1. The van der Waals surface area contributed by atoms with Crippen molar-refractivity contribution in [1.82, 2.24) is 0 Å². The van der Waals surface area contributed by atoms with E-state index in [-0.39, 0.29) is 55.7 Å². The second-order valence-electron chi connectivity index (χ2n) is 15.7. The first kappa shape index (κ1) is 44.4. The maximum Gasteiger partial charge on any atom is 5.00 e. The molecule has 0 N–H and O–H groups in total. The molecule has 0 aliphatic carbocycles. The van der Waals surface area contributed by atoms with Crippen molar-refractivity contribution >= 4 is 34.1 Å². The van der Waals surface area contributed by atoms with Crippen molar-refractivity contribution < 1.29 is 22.4 Å². The third-order valence-electron chi connectivity index (χ3n) is 5.83. The van der Waals surface area contributed by atoms with Gasteiger partial charge in [-0.15, -0.1) is 36.7 Å². The molecule has 3 rings (SSSR count). The van der Waals surface area contributed by atoms with Gasteiger partial charge in [-0.2, -0.15) is 0 Å². The number of aryl methyl sites for hydroxylation is 6. The van der Waals surface area contributed by atoms with E-state index in [0.717, 1.165) is 36.7 Å². The Kier molecular flexibility index (Phi) is 19.9. The Hall–Kier alpha value is -1.68. The summed E-state index contributed by atoms with van der Waals surface area (Å²) in [7, 11) is 0. The summed E-state index contributed by atoms with van der Waals surface area (Å²) in [5.41, 5.74) is 11.9. The fourth-order valence-electron chi connectivity index (χ4n) is 4.11. The van der Waals surface area contributed by atoms with E-state index in [1.807, 2.05) is 0 Å². The van der Waals surface area contributed by atoms with Crippen molar-refractivity contribution in [2.75, 3.05) is 19.6 Å². The third-order valence-corrected chi connectivity index (χ3v) is 5.83. The Morgan fingerprint density at radius 2 is 0.523 bits per heavy atom. The van der Waals surface area contributed by atoms with Crippen LogP contribution in [0, 0.1) is 57.8 Å². The molecule has 0 aliphatic rings. The summed E-state index contributed by atoms with van der Waals surface area (Å²) in [6.45, 7) is 35.2. The van der Waals surface area contributed by atoms with E-state index in [1.54, 1.807) is 0 Å². The third kappa shape index (κ3) is 22.8. The number of hydrogen-bond acceptors (Lipinski definition) is 0. The Morgan fingerprint density at radius 1 is 0.364 bits per heavy atom. The zero-order chi connectivity index (χ0) is 32.3. The topological polar surface area (TPSA) is 42.3 Å². The van der Waals surface area contributed by atoms with Crippen LogP contribution in [0.15, 0.2) is 54.6 Å². The van der Waals surface area contributed by atoms with Crippen LogP contribution in [0.1, 0.15) is 95.7 Å². The predicted molar refractivity (Wildman–Crippen MR) is 196 cm³/mol. The molecule has 0 fully saturated rings. The molecule has 0 bridgehead atoms. The summed E-state index contributed by atoms with van der Waals surface area (Å²) >= 11 is 0. The maximum absolute atomic E-state index is 4.60. The van der Waals surface area contributed by atoms with Crippen molar-refractivity contribution in [1.29, 1.82) is 0 Å². The standard InChI is InChI=1S/3C13H20N.Nb.Se/c3*1-10-6-11(2)8-12(7-10)14-9-13(3,4)5;;/h3*6-8H,9H2,1-5H3;;/q3*-1;+5;-2. The number of benzene rings is 3. The van der Waals surface area contributed by atoms with E-state index in [2.05, 4.69) is 174 Å². The van der Waals surface area contributed by atoms with Gasteiger partial charge in [-0.25, -0.2) is 0 Å². The fourth-order valence-corrected chi connectivity index (χ4v) is 4.11.